The molecule has 1 aromatic heterocycles. The van der Waals surface area contributed by atoms with E-state index in [4.69, 9.17) is 9.47 Å². The van der Waals surface area contributed by atoms with Crippen LogP contribution in [0.5, 0.6) is 11.5 Å². The highest BCUT2D eigenvalue weighted by molar-refractivity contribution is 7.90. The monoisotopic (exact) mass is 496 g/mol. The molecule has 1 unspecified atom stereocenters. The molecule has 0 saturated carbocycles. The normalized spacial score (nSPS) is 12.4. The highest BCUT2D eigenvalue weighted by Crippen LogP contribution is 2.35. The van der Waals surface area contributed by atoms with Crippen LogP contribution < -0.4 is 14.8 Å². The summed E-state index contributed by atoms with van der Waals surface area (Å²) in [6.45, 7) is 1.93. The van der Waals surface area contributed by atoms with Gasteiger partial charge in [0, 0.05) is 52.3 Å². The number of aromatic amines is 1. The number of Topliss-reactive ketones (excluding diaryl/α,β-unsaturated/α-hetero) is 1. The van der Waals surface area contributed by atoms with E-state index < -0.39 is 21.7 Å². The Morgan fingerprint density at radius 2 is 1.80 bits per heavy atom. The first-order valence-electron chi connectivity index (χ1n) is 10.7. The van der Waals surface area contributed by atoms with Gasteiger partial charge in [0.2, 0.25) is 0 Å². The molecule has 1 heterocycles. The molecule has 0 spiro atoms. The molecule has 0 aliphatic heterocycles. The number of benzene rings is 3. The second-order valence-corrected chi connectivity index (χ2v) is 10.3. The van der Waals surface area contributed by atoms with Gasteiger partial charge in [0.15, 0.2) is 15.6 Å². The number of nitrogens with one attached hydrogen (secondary N) is 2. The third-order valence-corrected chi connectivity index (χ3v) is 6.82. The molecule has 0 fully saturated rings. The van der Waals surface area contributed by atoms with Crippen molar-refractivity contribution in [1.29, 1.82) is 0 Å². The Labute approximate surface area is 202 Å². The lowest BCUT2D eigenvalue weighted by Gasteiger charge is -2.22. The summed E-state index contributed by atoms with van der Waals surface area (Å²) in [5, 5.41) is 3.87. The predicted octanol–water partition coefficient (Wildman–Crippen LogP) is 5.07. The lowest BCUT2D eigenvalue weighted by Crippen LogP contribution is -2.22. The van der Waals surface area contributed by atoms with Gasteiger partial charge in [-0.2, -0.15) is 0 Å². The van der Waals surface area contributed by atoms with Gasteiger partial charge in [-0.25, -0.2) is 12.8 Å². The Kier molecular flexibility index (Phi) is 6.53. The van der Waals surface area contributed by atoms with E-state index in [9.17, 15) is 17.6 Å². The van der Waals surface area contributed by atoms with Crippen LogP contribution in [-0.4, -0.2) is 39.7 Å². The van der Waals surface area contributed by atoms with E-state index in [1.165, 1.54) is 44.6 Å². The molecule has 0 aliphatic rings. The van der Waals surface area contributed by atoms with Crippen LogP contribution in [0.15, 0.2) is 65.7 Å². The number of methoxy groups -OCH3 is 2. The molecular weight excluding hydrogens is 471 g/mol. The van der Waals surface area contributed by atoms with E-state index in [-0.39, 0.29) is 16.4 Å². The molecule has 0 aliphatic carbocycles. The third kappa shape index (κ3) is 5.00. The average Bonchev–Trinajstić information content (AvgIpc) is 3.24. The molecule has 0 saturated heterocycles. The topological polar surface area (TPSA) is 97.5 Å². The molecule has 2 N–H and O–H groups in total. The predicted molar refractivity (Wildman–Crippen MR) is 133 cm³/mol. The molecule has 182 valence electrons. The van der Waals surface area contributed by atoms with Gasteiger partial charge in [-0.15, -0.1) is 0 Å². The Morgan fingerprint density at radius 1 is 1.03 bits per heavy atom. The maximum atomic E-state index is 14.0. The number of aromatic nitrogens is 1. The smallest absolute Gasteiger partial charge is 0.191 e. The summed E-state index contributed by atoms with van der Waals surface area (Å²) in [7, 11) is -0.745. The lowest BCUT2D eigenvalue weighted by molar-refractivity contribution is 0.0970. The van der Waals surface area contributed by atoms with E-state index in [0.29, 0.717) is 22.6 Å². The molecule has 7 nitrogen and oxygen atoms in total. The fourth-order valence-electron chi connectivity index (χ4n) is 3.96. The van der Waals surface area contributed by atoms with Crippen LogP contribution in [0, 0.1) is 12.7 Å². The Bertz CT molecular complexity index is 1530. The molecular formula is C26H25FN2O5S. The first-order chi connectivity index (χ1) is 16.6. The van der Waals surface area contributed by atoms with E-state index in [1.54, 1.807) is 12.3 Å². The maximum absolute atomic E-state index is 14.0. The summed E-state index contributed by atoms with van der Waals surface area (Å²) >= 11 is 0. The number of H-pyrrole nitrogens is 1. The van der Waals surface area contributed by atoms with Crippen molar-refractivity contribution in [2.75, 3.05) is 25.8 Å². The number of aryl methyl sites for hydroxylation is 1. The fraction of sp³-hybridized carbons (Fsp3) is 0.192. The summed E-state index contributed by atoms with van der Waals surface area (Å²) in [5.41, 5.74) is 2.94. The van der Waals surface area contributed by atoms with Crippen molar-refractivity contribution in [3.05, 3.63) is 83.3 Å². The number of ether oxygens (including phenoxy) is 2. The third-order valence-electron chi connectivity index (χ3n) is 5.73. The van der Waals surface area contributed by atoms with Crippen LogP contribution in [0.2, 0.25) is 0 Å². The second-order valence-electron chi connectivity index (χ2n) is 8.25. The molecule has 0 bridgehead atoms. The van der Waals surface area contributed by atoms with Gasteiger partial charge in [-0.3, -0.25) is 4.79 Å². The zero-order valence-corrected chi connectivity index (χ0v) is 20.5. The van der Waals surface area contributed by atoms with Crippen LogP contribution in [0.1, 0.15) is 27.5 Å². The molecule has 1 atom stereocenters. The Hall–Kier alpha value is -3.85. The van der Waals surface area contributed by atoms with Gasteiger partial charge >= 0.3 is 0 Å². The lowest BCUT2D eigenvalue weighted by atomic mass is 9.95. The fourth-order valence-corrected chi connectivity index (χ4v) is 4.63. The number of fused-ring (bicyclic) bond motifs is 1. The van der Waals surface area contributed by atoms with Crippen LogP contribution in [0.3, 0.4) is 0 Å². The number of ketones is 1. The SMILES string of the molecule is COc1cc(NC(C(=O)c2c[nH]c3ccc(C)cc23)c2ccc(F)cc2OC)cc(S(C)(=O)=O)c1. The summed E-state index contributed by atoms with van der Waals surface area (Å²) in [6, 6.07) is 13.0. The first kappa shape index (κ1) is 24.3. The standard InChI is InChI=1S/C26H25FN2O5S/c1-15-5-8-23-21(9-15)22(14-28-23)26(30)25(20-7-6-16(27)10-24(20)34-3)29-17-11-18(33-2)13-19(12-17)35(4,31)32/h5-14,25,28-29H,1-4H3. The van der Waals surface area contributed by atoms with Crippen LogP contribution in [-0.2, 0) is 9.84 Å². The van der Waals surface area contributed by atoms with E-state index in [1.807, 2.05) is 25.1 Å². The quantitative estimate of drug-likeness (QED) is 0.331. The van der Waals surface area contributed by atoms with Gasteiger partial charge in [0.25, 0.3) is 0 Å². The van der Waals surface area contributed by atoms with Crippen molar-refractivity contribution in [3.8, 4) is 11.5 Å². The minimum absolute atomic E-state index is 0.0272. The zero-order valence-electron chi connectivity index (χ0n) is 19.7. The minimum atomic E-state index is -3.56. The molecule has 4 aromatic rings. The number of rotatable bonds is 8. The number of halogens is 1. The number of carbonyl (C=O) groups excluding carboxylic acids is 1. The number of anilines is 1. The van der Waals surface area contributed by atoms with Crippen molar-refractivity contribution in [2.45, 2.75) is 17.9 Å². The number of carbonyl (C=O) groups is 1. The highest BCUT2D eigenvalue weighted by Gasteiger charge is 2.28. The Balaban J connectivity index is 1.88. The number of hydrogen-bond acceptors (Lipinski definition) is 6. The van der Waals surface area contributed by atoms with E-state index >= 15 is 0 Å². The van der Waals surface area contributed by atoms with Gasteiger partial charge in [-0.1, -0.05) is 11.6 Å². The Morgan fingerprint density at radius 3 is 2.49 bits per heavy atom. The maximum Gasteiger partial charge on any atom is 0.191 e. The van der Waals surface area contributed by atoms with Crippen molar-refractivity contribution >= 4 is 32.2 Å². The largest absolute Gasteiger partial charge is 0.497 e. The van der Waals surface area contributed by atoms with Gasteiger partial charge in [0.1, 0.15) is 23.4 Å². The summed E-state index contributed by atoms with van der Waals surface area (Å²) in [5.74, 6) is -0.343. The highest BCUT2D eigenvalue weighted by atomic mass is 32.2. The van der Waals surface area contributed by atoms with Crippen molar-refractivity contribution in [3.63, 3.8) is 0 Å². The van der Waals surface area contributed by atoms with E-state index in [0.717, 1.165) is 22.7 Å². The van der Waals surface area contributed by atoms with Crippen LogP contribution >= 0.6 is 0 Å². The van der Waals surface area contributed by atoms with Crippen molar-refractivity contribution in [2.24, 2.45) is 0 Å². The number of sulfone groups is 1. The molecule has 4 rings (SSSR count). The molecule has 35 heavy (non-hydrogen) atoms. The summed E-state index contributed by atoms with van der Waals surface area (Å²) in [4.78, 5) is 17.1. The van der Waals surface area contributed by atoms with Crippen LogP contribution in [0.4, 0.5) is 10.1 Å². The molecule has 3 aromatic carbocycles. The summed E-state index contributed by atoms with van der Waals surface area (Å²) < 4.78 is 49.1. The average molecular weight is 497 g/mol. The zero-order chi connectivity index (χ0) is 25.3. The molecule has 9 heteroatoms. The van der Waals surface area contributed by atoms with Crippen LogP contribution in [0.25, 0.3) is 10.9 Å². The minimum Gasteiger partial charge on any atom is -0.497 e. The van der Waals surface area contributed by atoms with Gasteiger partial charge in [0.05, 0.1) is 19.1 Å². The molecule has 0 amide bonds. The van der Waals surface area contributed by atoms with Crippen molar-refractivity contribution in [1.82, 2.24) is 4.98 Å². The second kappa shape index (κ2) is 9.42. The van der Waals surface area contributed by atoms with Gasteiger partial charge < -0.3 is 19.8 Å². The summed E-state index contributed by atoms with van der Waals surface area (Å²) in [6.07, 6.45) is 2.72. The van der Waals surface area contributed by atoms with Gasteiger partial charge in [-0.05, 0) is 43.3 Å². The first-order valence-corrected chi connectivity index (χ1v) is 12.6. The molecule has 0 radical (unpaired) electrons. The number of hydrogen-bond donors (Lipinski definition) is 2. The van der Waals surface area contributed by atoms with Crippen molar-refractivity contribution < 1.29 is 27.1 Å². The van der Waals surface area contributed by atoms with E-state index in [2.05, 4.69) is 10.3 Å².